The number of nitrogens with zero attached hydrogens (tertiary/aromatic N) is 2. The van der Waals surface area contributed by atoms with Crippen molar-refractivity contribution < 1.29 is 4.74 Å². The Balaban J connectivity index is 1.90. The molecule has 4 nitrogen and oxygen atoms in total. The highest BCUT2D eigenvalue weighted by molar-refractivity contribution is 4.89. The lowest BCUT2D eigenvalue weighted by Gasteiger charge is -2.44. The second kappa shape index (κ2) is 8.47. The highest BCUT2D eigenvalue weighted by Crippen LogP contribution is 2.32. The van der Waals surface area contributed by atoms with Crippen molar-refractivity contribution in [2.24, 2.45) is 5.41 Å². The Morgan fingerprint density at radius 1 is 1.29 bits per heavy atom. The van der Waals surface area contributed by atoms with Crippen LogP contribution < -0.4 is 5.32 Å². The molecule has 2 aliphatic heterocycles. The molecule has 2 fully saturated rings. The molecule has 0 radical (unpaired) electrons. The number of hydrogen-bond donors (Lipinski definition) is 1. The largest absolute Gasteiger partial charge is 0.381 e. The first-order valence-corrected chi connectivity index (χ1v) is 8.82. The summed E-state index contributed by atoms with van der Waals surface area (Å²) in [6.07, 6.45) is 6.35. The molecule has 2 aliphatic rings. The number of likely N-dealkylation sites (N-methyl/N-ethyl adjacent to an activating group) is 1. The summed E-state index contributed by atoms with van der Waals surface area (Å²) in [4.78, 5) is 5.12. The van der Waals surface area contributed by atoms with E-state index in [9.17, 15) is 0 Å². The molecule has 1 unspecified atom stereocenters. The van der Waals surface area contributed by atoms with Crippen molar-refractivity contribution in [1.29, 1.82) is 0 Å². The van der Waals surface area contributed by atoms with E-state index in [0.717, 1.165) is 32.3 Å². The highest BCUT2D eigenvalue weighted by atomic mass is 16.5. The Morgan fingerprint density at radius 3 is 2.71 bits per heavy atom. The molecule has 2 saturated heterocycles. The Labute approximate surface area is 131 Å². The minimum Gasteiger partial charge on any atom is -0.381 e. The second-order valence-corrected chi connectivity index (χ2v) is 7.28. The molecule has 21 heavy (non-hydrogen) atoms. The first kappa shape index (κ1) is 17.2. The van der Waals surface area contributed by atoms with Gasteiger partial charge in [0.25, 0.3) is 0 Å². The van der Waals surface area contributed by atoms with Crippen LogP contribution in [0.15, 0.2) is 0 Å². The molecule has 2 rings (SSSR count). The minimum absolute atomic E-state index is 0.432. The van der Waals surface area contributed by atoms with Crippen molar-refractivity contribution in [2.45, 2.75) is 45.1 Å². The summed E-state index contributed by atoms with van der Waals surface area (Å²) in [6, 6.07) is 0.735. The van der Waals surface area contributed by atoms with Crippen LogP contribution in [0.2, 0.25) is 0 Å². The molecule has 0 spiro atoms. The maximum atomic E-state index is 5.63. The van der Waals surface area contributed by atoms with Crippen LogP contribution in [0.4, 0.5) is 0 Å². The summed E-state index contributed by atoms with van der Waals surface area (Å²) in [5.41, 5.74) is 0.432. The van der Waals surface area contributed by atoms with Gasteiger partial charge in [0.05, 0.1) is 0 Å². The maximum absolute atomic E-state index is 5.63. The Kier molecular flexibility index (Phi) is 6.93. The summed E-state index contributed by atoms with van der Waals surface area (Å²) < 4.78 is 5.63. The number of ether oxygens (including phenoxy) is 1. The van der Waals surface area contributed by atoms with Crippen LogP contribution in [0.25, 0.3) is 0 Å². The lowest BCUT2D eigenvalue weighted by Crippen LogP contribution is -2.52. The normalized spacial score (nSPS) is 27.1. The van der Waals surface area contributed by atoms with Crippen molar-refractivity contribution in [3.8, 4) is 0 Å². The minimum atomic E-state index is 0.432. The van der Waals surface area contributed by atoms with Gasteiger partial charge in [-0.25, -0.2) is 0 Å². The van der Waals surface area contributed by atoms with E-state index < -0.39 is 0 Å². The van der Waals surface area contributed by atoms with Gasteiger partial charge >= 0.3 is 0 Å². The van der Waals surface area contributed by atoms with Gasteiger partial charge in [-0.15, -0.1) is 0 Å². The molecule has 0 amide bonds. The third-order valence-corrected chi connectivity index (χ3v) is 5.25. The van der Waals surface area contributed by atoms with E-state index in [-0.39, 0.29) is 0 Å². The predicted molar refractivity (Wildman–Crippen MR) is 88.8 cm³/mol. The Morgan fingerprint density at radius 2 is 2.05 bits per heavy atom. The van der Waals surface area contributed by atoms with Gasteiger partial charge in [-0.2, -0.15) is 0 Å². The summed E-state index contributed by atoms with van der Waals surface area (Å²) in [5, 5.41) is 3.68. The number of likely N-dealkylation sites (tertiary alicyclic amines) is 1. The van der Waals surface area contributed by atoms with E-state index >= 15 is 0 Å². The average Bonchev–Trinajstić information content (AvgIpc) is 2.48. The Bertz CT molecular complexity index is 290. The van der Waals surface area contributed by atoms with E-state index in [2.05, 4.69) is 36.1 Å². The van der Waals surface area contributed by atoms with Crippen LogP contribution in [0, 0.1) is 5.41 Å². The first-order chi connectivity index (χ1) is 10.2. The number of nitrogens with one attached hydrogen (secondary N) is 1. The van der Waals surface area contributed by atoms with Crippen molar-refractivity contribution in [3.63, 3.8) is 0 Å². The van der Waals surface area contributed by atoms with Gasteiger partial charge in [-0.3, -0.25) is 0 Å². The lowest BCUT2D eigenvalue weighted by atomic mass is 9.79. The van der Waals surface area contributed by atoms with Gasteiger partial charge in [-0.05, 0) is 64.7 Å². The maximum Gasteiger partial charge on any atom is 0.0472 e. The molecular formula is C17H35N3O. The average molecular weight is 297 g/mol. The predicted octanol–water partition coefficient (Wildman–Crippen LogP) is 1.81. The van der Waals surface area contributed by atoms with Crippen LogP contribution >= 0.6 is 0 Å². The van der Waals surface area contributed by atoms with Crippen LogP contribution in [-0.2, 0) is 4.74 Å². The van der Waals surface area contributed by atoms with Gasteiger partial charge in [0.15, 0.2) is 0 Å². The zero-order chi connectivity index (χ0) is 15.1. The van der Waals surface area contributed by atoms with Crippen molar-refractivity contribution in [1.82, 2.24) is 15.1 Å². The molecule has 4 heteroatoms. The SMILES string of the molecule is CCCNCC1(CN2CCCC(N(C)C)C2)CCOCC1. The molecule has 0 aliphatic carbocycles. The van der Waals surface area contributed by atoms with Crippen molar-refractivity contribution >= 4 is 0 Å². The number of rotatable bonds is 7. The van der Waals surface area contributed by atoms with Crippen LogP contribution in [0.5, 0.6) is 0 Å². The monoisotopic (exact) mass is 297 g/mol. The van der Waals surface area contributed by atoms with Gasteiger partial charge < -0.3 is 19.9 Å². The molecule has 1 atom stereocenters. The number of hydrogen-bond acceptors (Lipinski definition) is 4. The topological polar surface area (TPSA) is 27.7 Å². The summed E-state index contributed by atoms with van der Waals surface area (Å²) in [5.74, 6) is 0. The van der Waals surface area contributed by atoms with E-state index in [1.54, 1.807) is 0 Å². The van der Waals surface area contributed by atoms with Crippen molar-refractivity contribution in [3.05, 3.63) is 0 Å². The molecular weight excluding hydrogens is 262 g/mol. The third-order valence-electron chi connectivity index (χ3n) is 5.25. The fourth-order valence-electron chi connectivity index (χ4n) is 3.80. The van der Waals surface area contributed by atoms with Crippen LogP contribution in [-0.4, -0.2) is 75.9 Å². The molecule has 0 aromatic rings. The summed E-state index contributed by atoms with van der Waals surface area (Å²) in [7, 11) is 4.45. The number of piperidine rings is 1. The summed E-state index contributed by atoms with van der Waals surface area (Å²) >= 11 is 0. The van der Waals surface area contributed by atoms with Crippen molar-refractivity contribution in [2.75, 3.05) is 60.0 Å². The van der Waals surface area contributed by atoms with Gasteiger partial charge in [0.1, 0.15) is 0 Å². The molecule has 0 aromatic heterocycles. The zero-order valence-electron chi connectivity index (χ0n) is 14.4. The summed E-state index contributed by atoms with van der Waals surface area (Å²) in [6.45, 7) is 10.2. The fourth-order valence-corrected chi connectivity index (χ4v) is 3.80. The quantitative estimate of drug-likeness (QED) is 0.725. The molecule has 2 heterocycles. The lowest BCUT2D eigenvalue weighted by molar-refractivity contribution is -0.0127. The molecule has 1 N–H and O–H groups in total. The molecule has 0 saturated carbocycles. The third kappa shape index (κ3) is 5.20. The zero-order valence-corrected chi connectivity index (χ0v) is 14.4. The smallest absolute Gasteiger partial charge is 0.0472 e. The standard InChI is InChI=1S/C17H35N3O/c1-4-9-18-14-17(7-11-21-12-8-17)15-20-10-5-6-16(13-20)19(2)3/h16,18H,4-15H2,1-3H3. The van der Waals surface area contributed by atoms with E-state index in [1.807, 2.05) is 0 Å². The van der Waals surface area contributed by atoms with Crippen LogP contribution in [0.1, 0.15) is 39.0 Å². The molecule has 124 valence electrons. The first-order valence-electron chi connectivity index (χ1n) is 8.82. The van der Waals surface area contributed by atoms with E-state index in [0.29, 0.717) is 5.41 Å². The second-order valence-electron chi connectivity index (χ2n) is 7.28. The van der Waals surface area contributed by atoms with E-state index in [4.69, 9.17) is 4.74 Å². The van der Waals surface area contributed by atoms with E-state index in [1.165, 1.54) is 51.7 Å². The molecule has 0 aromatic carbocycles. The fraction of sp³-hybridized carbons (Fsp3) is 1.00. The van der Waals surface area contributed by atoms with Crippen LogP contribution in [0.3, 0.4) is 0 Å². The Hall–Kier alpha value is -0.160. The molecule has 0 bridgehead atoms. The van der Waals surface area contributed by atoms with Gasteiger partial charge in [0.2, 0.25) is 0 Å². The highest BCUT2D eigenvalue weighted by Gasteiger charge is 2.35. The van der Waals surface area contributed by atoms with Gasteiger partial charge in [0, 0.05) is 38.9 Å². The van der Waals surface area contributed by atoms with Gasteiger partial charge in [-0.1, -0.05) is 6.92 Å².